The summed E-state index contributed by atoms with van der Waals surface area (Å²) in [7, 11) is 0. The van der Waals surface area contributed by atoms with Crippen LogP contribution in [0.1, 0.15) is 6.92 Å². The van der Waals surface area contributed by atoms with E-state index in [-0.39, 0.29) is 5.15 Å². The van der Waals surface area contributed by atoms with E-state index in [9.17, 15) is 0 Å². The third-order valence-corrected chi connectivity index (χ3v) is 3.12. The molecule has 2 aromatic heterocycles. The van der Waals surface area contributed by atoms with Crippen molar-refractivity contribution in [1.29, 1.82) is 0 Å². The Kier molecular flexibility index (Phi) is 3.38. The lowest BCUT2D eigenvalue weighted by molar-refractivity contribution is 0.768. The van der Waals surface area contributed by atoms with Crippen molar-refractivity contribution < 1.29 is 0 Å². The maximum Gasteiger partial charge on any atom is 0.160 e. The molecule has 0 fully saturated rings. The van der Waals surface area contributed by atoms with Gasteiger partial charge in [0, 0.05) is 18.9 Å². The van der Waals surface area contributed by atoms with Crippen molar-refractivity contribution in [2.24, 2.45) is 0 Å². The third kappa shape index (κ3) is 2.03. The van der Waals surface area contributed by atoms with Crippen molar-refractivity contribution >= 4 is 34.8 Å². The Labute approximate surface area is 108 Å². The van der Waals surface area contributed by atoms with Crippen LogP contribution < -0.4 is 0 Å². The maximum absolute atomic E-state index is 6.06. The van der Waals surface area contributed by atoms with Crippen LogP contribution in [0.4, 0.5) is 0 Å². The Hall–Kier alpha value is -0.770. The van der Waals surface area contributed by atoms with Crippen LogP contribution in [0.2, 0.25) is 15.2 Å². The first-order valence-electron chi connectivity index (χ1n) is 4.66. The Balaban J connectivity index is 2.60. The zero-order valence-electron chi connectivity index (χ0n) is 8.41. The maximum atomic E-state index is 6.06. The van der Waals surface area contributed by atoms with Crippen LogP contribution in [0.25, 0.3) is 11.5 Å². The average molecular weight is 277 g/mol. The van der Waals surface area contributed by atoms with Gasteiger partial charge in [-0.25, -0.2) is 9.97 Å². The number of nitrogens with zero attached hydrogens (tertiary/aromatic N) is 3. The van der Waals surface area contributed by atoms with Gasteiger partial charge in [-0.1, -0.05) is 34.8 Å². The lowest BCUT2D eigenvalue weighted by Gasteiger charge is -2.07. The van der Waals surface area contributed by atoms with Gasteiger partial charge in [0.25, 0.3) is 0 Å². The first-order valence-corrected chi connectivity index (χ1v) is 5.80. The summed E-state index contributed by atoms with van der Waals surface area (Å²) in [6.07, 6.45) is 3.55. The summed E-state index contributed by atoms with van der Waals surface area (Å²) in [5, 5.41) is 1.01. The highest BCUT2D eigenvalue weighted by molar-refractivity contribution is 6.42. The fraction of sp³-hybridized carbons (Fsp3) is 0.200. The number of aryl methyl sites for hydroxylation is 1. The fourth-order valence-corrected chi connectivity index (χ4v) is 1.96. The molecule has 0 unspecified atom stereocenters. The van der Waals surface area contributed by atoms with Crippen LogP contribution in [-0.4, -0.2) is 14.5 Å². The number of rotatable bonds is 2. The summed E-state index contributed by atoms with van der Waals surface area (Å²) >= 11 is 17.7. The van der Waals surface area contributed by atoms with Crippen LogP contribution >= 0.6 is 34.8 Å². The third-order valence-electron chi connectivity index (χ3n) is 2.15. The molecule has 84 valence electrons. The summed E-state index contributed by atoms with van der Waals surface area (Å²) < 4.78 is 1.93. The van der Waals surface area contributed by atoms with Gasteiger partial charge in [0.05, 0.1) is 10.0 Å². The van der Waals surface area contributed by atoms with E-state index in [4.69, 9.17) is 34.8 Å². The van der Waals surface area contributed by atoms with Gasteiger partial charge in [-0.05, 0) is 13.0 Å². The smallest absolute Gasteiger partial charge is 0.160 e. The Bertz CT molecular complexity index is 522. The molecule has 0 aliphatic rings. The molecule has 0 N–H and O–H groups in total. The van der Waals surface area contributed by atoms with E-state index in [1.807, 2.05) is 17.7 Å². The van der Waals surface area contributed by atoms with Gasteiger partial charge in [-0.15, -0.1) is 0 Å². The first kappa shape index (κ1) is 11.7. The Morgan fingerprint density at radius 3 is 2.69 bits per heavy atom. The molecular formula is C10H8Cl3N3. The summed E-state index contributed by atoms with van der Waals surface area (Å²) in [5.74, 6) is 0.686. The largest absolute Gasteiger partial charge is 0.330 e. The Morgan fingerprint density at radius 2 is 2.00 bits per heavy atom. The van der Waals surface area contributed by atoms with E-state index in [0.717, 1.165) is 6.54 Å². The van der Waals surface area contributed by atoms with E-state index in [2.05, 4.69) is 9.97 Å². The monoisotopic (exact) mass is 275 g/mol. The van der Waals surface area contributed by atoms with Crippen molar-refractivity contribution in [3.8, 4) is 11.5 Å². The lowest BCUT2D eigenvalue weighted by Crippen LogP contribution is -1.98. The molecule has 0 aliphatic carbocycles. The quantitative estimate of drug-likeness (QED) is 0.778. The van der Waals surface area contributed by atoms with Gasteiger partial charge in [-0.3, -0.25) is 0 Å². The minimum atomic E-state index is 0.228. The van der Waals surface area contributed by atoms with Gasteiger partial charge in [0.15, 0.2) is 5.82 Å². The van der Waals surface area contributed by atoms with Crippen molar-refractivity contribution in [2.45, 2.75) is 13.5 Å². The first-order chi connectivity index (χ1) is 7.63. The number of aromatic nitrogens is 3. The van der Waals surface area contributed by atoms with Gasteiger partial charge in [0.2, 0.25) is 0 Å². The molecule has 2 rings (SSSR count). The molecular weight excluding hydrogens is 268 g/mol. The SMILES string of the molecule is CCn1ccnc1-c1nc(Cl)c(Cl)cc1Cl. The van der Waals surface area contributed by atoms with Gasteiger partial charge in [-0.2, -0.15) is 0 Å². The van der Waals surface area contributed by atoms with E-state index in [0.29, 0.717) is 21.6 Å². The molecule has 3 nitrogen and oxygen atoms in total. The molecule has 2 aromatic rings. The van der Waals surface area contributed by atoms with E-state index in [1.54, 1.807) is 12.3 Å². The highest BCUT2D eigenvalue weighted by Crippen LogP contribution is 2.31. The van der Waals surface area contributed by atoms with Crippen LogP contribution in [-0.2, 0) is 6.54 Å². The van der Waals surface area contributed by atoms with Crippen molar-refractivity contribution in [2.75, 3.05) is 0 Å². The molecule has 0 saturated heterocycles. The van der Waals surface area contributed by atoms with Gasteiger partial charge < -0.3 is 4.57 Å². The second-order valence-corrected chi connectivity index (χ2v) is 4.30. The summed E-state index contributed by atoms with van der Waals surface area (Å²) in [6.45, 7) is 2.80. The van der Waals surface area contributed by atoms with Crippen molar-refractivity contribution in [3.05, 3.63) is 33.7 Å². The predicted octanol–water partition coefficient (Wildman–Crippen LogP) is 3.93. The minimum absolute atomic E-state index is 0.228. The second-order valence-electron chi connectivity index (χ2n) is 3.13. The molecule has 0 aliphatic heterocycles. The number of pyridine rings is 1. The molecule has 0 atom stereocenters. The summed E-state index contributed by atoms with van der Waals surface area (Å²) in [6, 6.07) is 1.57. The van der Waals surface area contributed by atoms with Crippen LogP contribution in [0.5, 0.6) is 0 Å². The zero-order valence-corrected chi connectivity index (χ0v) is 10.7. The summed E-state index contributed by atoms with van der Waals surface area (Å²) in [5.41, 5.74) is 0.544. The number of imidazole rings is 1. The summed E-state index contributed by atoms with van der Waals surface area (Å²) in [4.78, 5) is 8.34. The topological polar surface area (TPSA) is 30.7 Å². The highest BCUT2D eigenvalue weighted by Gasteiger charge is 2.13. The van der Waals surface area contributed by atoms with Crippen LogP contribution in [0.15, 0.2) is 18.5 Å². The van der Waals surface area contributed by atoms with E-state index in [1.165, 1.54) is 0 Å². The fourth-order valence-electron chi connectivity index (χ4n) is 1.38. The molecule has 0 radical (unpaired) electrons. The molecule has 6 heteroatoms. The number of hydrogen-bond acceptors (Lipinski definition) is 2. The highest BCUT2D eigenvalue weighted by atomic mass is 35.5. The van der Waals surface area contributed by atoms with Crippen LogP contribution in [0.3, 0.4) is 0 Å². The van der Waals surface area contributed by atoms with Crippen molar-refractivity contribution in [1.82, 2.24) is 14.5 Å². The number of hydrogen-bond donors (Lipinski definition) is 0. The molecule has 0 amide bonds. The van der Waals surface area contributed by atoms with E-state index >= 15 is 0 Å². The van der Waals surface area contributed by atoms with Gasteiger partial charge >= 0.3 is 0 Å². The minimum Gasteiger partial charge on any atom is -0.330 e. The van der Waals surface area contributed by atoms with Gasteiger partial charge in [0.1, 0.15) is 10.8 Å². The molecule has 0 bridgehead atoms. The Morgan fingerprint density at radius 1 is 1.25 bits per heavy atom. The average Bonchev–Trinajstić information content (AvgIpc) is 2.71. The number of halogens is 3. The van der Waals surface area contributed by atoms with Crippen LogP contribution in [0, 0.1) is 0 Å². The molecule has 0 aromatic carbocycles. The lowest BCUT2D eigenvalue weighted by atomic mass is 10.3. The molecule has 0 spiro atoms. The van der Waals surface area contributed by atoms with Crippen molar-refractivity contribution in [3.63, 3.8) is 0 Å². The molecule has 2 heterocycles. The molecule has 16 heavy (non-hydrogen) atoms. The standard InChI is InChI=1S/C10H8Cl3N3/c1-2-16-4-3-14-10(16)8-6(11)5-7(12)9(13)15-8/h3-5H,2H2,1H3. The zero-order chi connectivity index (χ0) is 11.7. The van der Waals surface area contributed by atoms with E-state index < -0.39 is 0 Å². The predicted molar refractivity (Wildman–Crippen MR) is 66.2 cm³/mol. The normalized spacial score (nSPS) is 10.8. The second kappa shape index (κ2) is 4.62. The molecule has 0 saturated carbocycles.